The second-order valence-corrected chi connectivity index (χ2v) is 6.00. The van der Waals surface area contributed by atoms with E-state index in [9.17, 15) is 4.79 Å². The Labute approximate surface area is 163 Å². The molecule has 0 aliphatic carbocycles. The summed E-state index contributed by atoms with van der Waals surface area (Å²) in [6, 6.07) is 17.1. The topological polar surface area (TPSA) is 74.6 Å². The van der Waals surface area contributed by atoms with Crippen molar-refractivity contribution in [2.75, 3.05) is 27.4 Å². The molecule has 28 heavy (non-hydrogen) atoms. The lowest BCUT2D eigenvalue weighted by molar-refractivity contribution is 0.0942. The normalized spacial score (nSPS) is 10.5. The standard InChI is InChI=1S/C21H23N3O4/c1-26-11-12-28-18-10-6-7-16(13-18)14-22-21(25)20-19(27-2)15-24(23-20)17-8-4-3-5-9-17/h3-10,13,15H,11-12,14H2,1-2H3,(H,22,25). The number of carbonyl (C=O) groups excluding carboxylic acids is 1. The van der Waals surface area contributed by atoms with E-state index in [1.54, 1.807) is 18.0 Å². The van der Waals surface area contributed by atoms with E-state index in [-0.39, 0.29) is 11.6 Å². The van der Waals surface area contributed by atoms with Crippen LogP contribution in [0.15, 0.2) is 60.8 Å². The number of benzene rings is 2. The molecule has 0 aliphatic rings. The number of methoxy groups -OCH3 is 2. The van der Waals surface area contributed by atoms with E-state index >= 15 is 0 Å². The summed E-state index contributed by atoms with van der Waals surface area (Å²) < 4.78 is 17.5. The fraction of sp³-hybridized carbons (Fsp3) is 0.238. The summed E-state index contributed by atoms with van der Waals surface area (Å²) >= 11 is 0. The molecule has 3 aromatic rings. The second-order valence-electron chi connectivity index (χ2n) is 6.00. The molecule has 0 fully saturated rings. The first-order chi connectivity index (χ1) is 13.7. The molecule has 3 rings (SSSR count). The van der Waals surface area contributed by atoms with E-state index in [1.165, 1.54) is 7.11 Å². The van der Waals surface area contributed by atoms with Gasteiger partial charge >= 0.3 is 0 Å². The Hall–Kier alpha value is -3.32. The van der Waals surface area contributed by atoms with Gasteiger partial charge in [0.25, 0.3) is 5.91 Å². The van der Waals surface area contributed by atoms with Crippen LogP contribution in [-0.2, 0) is 11.3 Å². The zero-order valence-electron chi connectivity index (χ0n) is 15.9. The molecule has 7 nitrogen and oxygen atoms in total. The van der Waals surface area contributed by atoms with Gasteiger partial charge in [-0.25, -0.2) is 4.68 Å². The number of hydrogen-bond donors (Lipinski definition) is 1. The lowest BCUT2D eigenvalue weighted by atomic mass is 10.2. The van der Waals surface area contributed by atoms with Crippen LogP contribution >= 0.6 is 0 Å². The minimum atomic E-state index is -0.308. The minimum Gasteiger partial charge on any atom is -0.493 e. The van der Waals surface area contributed by atoms with Gasteiger partial charge in [-0.15, -0.1) is 0 Å². The van der Waals surface area contributed by atoms with Crippen molar-refractivity contribution < 1.29 is 19.0 Å². The lowest BCUT2D eigenvalue weighted by Crippen LogP contribution is -2.24. The highest BCUT2D eigenvalue weighted by Gasteiger charge is 2.18. The predicted molar refractivity (Wildman–Crippen MR) is 105 cm³/mol. The van der Waals surface area contributed by atoms with E-state index in [4.69, 9.17) is 14.2 Å². The van der Waals surface area contributed by atoms with E-state index in [0.29, 0.717) is 25.5 Å². The first kappa shape index (κ1) is 19.4. The van der Waals surface area contributed by atoms with Crippen molar-refractivity contribution in [1.82, 2.24) is 15.1 Å². The van der Waals surface area contributed by atoms with E-state index in [1.807, 2.05) is 54.6 Å². The highest BCUT2D eigenvalue weighted by atomic mass is 16.5. The smallest absolute Gasteiger partial charge is 0.275 e. The fourth-order valence-corrected chi connectivity index (χ4v) is 2.63. The Morgan fingerprint density at radius 1 is 1.07 bits per heavy atom. The summed E-state index contributed by atoms with van der Waals surface area (Å²) in [7, 11) is 3.15. The number of para-hydroxylation sites is 1. The van der Waals surface area contributed by atoms with Crippen LogP contribution in [0.4, 0.5) is 0 Å². The molecule has 146 valence electrons. The molecule has 0 spiro atoms. The molecule has 1 N–H and O–H groups in total. The highest BCUT2D eigenvalue weighted by molar-refractivity contribution is 5.94. The average Bonchev–Trinajstić information content (AvgIpc) is 3.18. The van der Waals surface area contributed by atoms with Gasteiger partial charge in [0.2, 0.25) is 0 Å². The lowest BCUT2D eigenvalue weighted by Gasteiger charge is -2.08. The monoisotopic (exact) mass is 381 g/mol. The molecule has 0 bridgehead atoms. The van der Waals surface area contributed by atoms with Gasteiger partial charge in [-0.2, -0.15) is 5.10 Å². The maximum atomic E-state index is 12.6. The van der Waals surface area contributed by atoms with Crippen LogP contribution in [0, 0.1) is 0 Å². The molecule has 0 radical (unpaired) electrons. The summed E-state index contributed by atoms with van der Waals surface area (Å²) in [6.07, 6.45) is 1.69. The average molecular weight is 381 g/mol. The highest BCUT2D eigenvalue weighted by Crippen LogP contribution is 2.20. The summed E-state index contributed by atoms with van der Waals surface area (Å²) in [5, 5.41) is 7.25. The molecule has 1 aromatic heterocycles. The van der Waals surface area contributed by atoms with Crippen LogP contribution in [0.25, 0.3) is 5.69 Å². The van der Waals surface area contributed by atoms with Crippen molar-refractivity contribution in [1.29, 1.82) is 0 Å². The Balaban J connectivity index is 1.67. The van der Waals surface area contributed by atoms with Crippen molar-refractivity contribution in [3.8, 4) is 17.2 Å². The van der Waals surface area contributed by atoms with Crippen molar-refractivity contribution in [3.63, 3.8) is 0 Å². The van der Waals surface area contributed by atoms with E-state index < -0.39 is 0 Å². The second kappa shape index (κ2) is 9.57. The zero-order chi connectivity index (χ0) is 19.8. The first-order valence-corrected chi connectivity index (χ1v) is 8.89. The molecule has 0 unspecified atom stereocenters. The van der Waals surface area contributed by atoms with Crippen molar-refractivity contribution in [2.45, 2.75) is 6.54 Å². The number of ether oxygens (including phenoxy) is 3. The number of nitrogens with zero attached hydrogens (tertiary/aromatic N) is 2. The quantitative estimate of drug-likeness (QED) is 0.577. The van der Waals surface area contributed by atoms with E-state index in [2.05, 4.69) is 10.4 Å². The number of rotatable bonds is 9. The molecular formula is C21H23N3O4. The van der Waals surface area contributed by atoms with Crippen molar-refractivity contribution in [3.05, 3.63) is 72.1 Å². The largest absolute Gasteiger partial charge is 0.493 e. The van der Waals surface area contributed by atoms with Gasteiger partial charge in [0.1, 0.15) is 12.4 Å². The van der Waals surface area contributed by atoms with Crippen molar-refractivity contribution in [2.24, 2.45) is 0 Å². The van der Waals surface area contributed by atoms with Gasteiger partial charge in [0.15, 0.2) is 11.4 Å². The molecule has 0 saturated heterocycles. The molecule has 0 saturated carbocycles. The number of carbonyl (C=O) groups is 1. The van der Waals surface area contributed by atoms with Crippen LogP contribution in [0.5, 0.6) is 11.5 Å². The molecular weight excluding hydrogens is 358 g/mol. The summed E-state index contributed by atoms with van der Waals surface area (Å²) in [4.78, 5) is 12.6. The predicted octanol–water partition coefficient (Wildman–Crippen LogP) is 2.84. The summed E-state index contributed by atoms with van der Waals surface area (Å²) in [6.45, 7) is 1.34. The maximum absolute atomic E-state index is 12.6. The number of nitrogens with one attached hydrogen (secondary N) is 1. The van der Waals surface area contributed by atoms with Crippen LogP contribution in [0.2, 0.25) is 0 Å². The Morgan fingerprint density at radius 2 is 1.89 bits per heavy atom. The van der Waals surface area contributed by atoms with Gasteiger partial charge in [-0.05, 0) is 29.8 Å². The van der Waals surface area contributed by atoms with Crippen LogP contribution in [0.1, 0.15) is 16.1 Å². The van der Waals surface area contributed by atoms with E-state index in [0.717, 1.165) is 17.0 Å². The number of amides is 1. The molecule has 0 atom stereocenters. The Bertz CT molecular complexity index is 909. The fourth-order valence-electron chi connectivity index (χ4n) is 2.63. The molecule has 7 heteroatoms. The molecule has 1 heterocycles. The first-order valence-electron chi connectivity index (χ1n) is 8.89. The SMILES string of the molecule is COCCOc1cccc(CNC(=O)c2nn(-c3ccccc3)cc2OC)c1. The van der Waals surface area contributed by atoms with Crippen LogP contribution in [-0.4, -0.2) is 43.1 Å². The van der Waals surface area contributed by atoms with Crippen LogP contribution < -0.4 is 14.8 Å². The Kier molecular flexibility index (Phi) is 6.64. The van der Waals surface area contributed by atoms with Crippen molar-refractivity contribution >= 4 is 5.91 Å². The van der Waals surface area contributed by atoms with Gasteiger partial charge < -0.3 is 19.5 Å². The Morgan fingerprint density at radius 3 is 2.64 bits per heavy atom. The third-order valence-electron chi connectivity index (χ3n) is 4.04. The molecule has 1 amide bonds. The van der Waals surface area contributed by atoms with Gasteiger partial charge in [0, 0.05) is 13.7 Å². The van der Waals surface area contributed by atoms with Gasteiger partial charge in [-0.3, -0.25) is 4.79 Å². The molecule has 2 aromatic carbocycles. The minimum absolute atomic E-state index is 0.235. The summed E-state index contributed by atoms with van der Waals surface area (Å²) in [5.41, 5.74) is 2.00. The number of hydrogen-bond acceptors (Lipinski definition) is 5. The summed E-state index contributed by atoms with van der Waals surface area (Å²) in [5.74, 6) is 0.838. The zero-order valence-corrected chi connectivity index (χ0v) is 15.9. The van der Waals surface area contributed by atoms with Gasteiger partial charge in [0.05, 0.1) is 25.6 Å². The molecule has 0 aliphatic heterocycles. The maximum Gasteiger partial charge on any atom is 0.275 e. The third kappa shape index (κ3) is 4.89. The third-order valence-corrected chi connectivity index (χ3v) is 4.04. The number of aromatic nitrogens is 2. The van der Waals surface area contributed by atoms with Gasteiger partial charge in [-0.1, -0.05) is 30.3 Å². The van der Waals surface area contributed by atoms with Crippen LogP contribution in [0.3, 0.4) is 0 Å².